The first-order valence-corrected chi connectivity index (χ1v) is 9.60. The fourth-order valence-corrected chi connectivity index (χ4v) is 3.60. The maximum atomic E-state index is 6.12. The number of rotatable bonds is 5. The first kappa shape index (κ1) is 17.6. The first-order valence-electron chi connectivity index (χ1n) is 9.60. The molecule has 1 aromatic heterocycles. The molecule has 138 valence electrons. The summed E-state index contributed by atoms with van der Waals surface area (Å²) in [4.78, 5) is 4.88. The Labute approximate surface area is 160 Å². The molecule has 0 N–H and O–H groups in total. The van der Waals surface area contributed by atoms with Gasteiger partial charge in [0.25, 0.3) is 0 Å². The van der Waals surface area contributed by atoms with Crippen LogP contribution in [0, 0.1) is 0 Å². The summed E-state index contributed by atoms with van der Waals surface area (Å²) in [5.74, 6) is 2.09. The third-order valence-corrected chi connectivity index (χ3v) is 4.86. The van der Waals surface area contributed by atoms with Crippen molar-refractivity contribution in [3.05, 3.63) is 72.6 Å². The van der Waals surface area contributed by atoms with Crippen molar-refractivity contribution < 1.29 is 4.74 Å². The lowest BCUT2D eigenvalue weighted by atomic mass is 9.95. The Morgan fingerprint density at radius 3 is 2.48 bits per heavy atom. The molecule has 0 unspecified atom stereocenters. The van der Waals surface area contributed by atoms with Gasteiger partial charge in [-0.3, -0.25) is 0 Å². The van der Waals surface area contributed by atoms with Crippen molar-refractivity contribution in [2.75, 3.05) is 6.61 Å². The van der Waals surface area contributed by atoms with E-state index in [4.69, 9.17) is 9.72 Å². The molecule has 4 aromatic rings. The van der Waals surface area contributed by atoms with Gasteiger partial charge in [-0.25, -0.2) is 4.98 Å². The molecule has 0 bridgehead atoms. The van der Waals surface area contributed by atoms with E-state index in [2.05, 4.69) is 92.1 Å². The molecule has 0 atom stereocenters. The van der Waals surface area contributed by atoms with Crippen molar-refractivity contribution in [2.45, 2.75) is 39.2 Å². The Kier molecular flexibility index (Phi) is 4.61. The lowest BCUT2D eigenvalue weighted by Gasteiger charge is -2.20. The van der Waals surface area contributed by atoms with Crippen molar-refractivity contribution in [2.24, 2.45) is 0 Å². The summed E-state index contributed by atoms with van der Waals surface area (Å²) in [6.07, 6.45) is 0.937. The van der Waals surface area contributed by atoms with Gasteiger partial charge >= 0.3 is 0 Å². The van der Waals surface area contributed by atoms with Crippen LogP contribution in [0.2, 0.25) is 0 Å². The summed E-state index contributed by atoms with van der Waals surface area (Å²) >= 11 is 0. The Morgan fingerprint density at radius 2 is 1.63 bits per heavy atom. The number of para-hydroxylation sites is 2. The van der Waals surface area contributed by atoms with E-state index in [1.807, 2.05) is 0 Å². The highest BCUT2D eigenvalue weighted by Crippen LogP contribution is 2.27. The quantitative estimate of drug-likeness (QED) is 0.412. The summed E-state index contributed by atoms with van der Waals surface area (Å²) in [5.41, 5.74) is 2.28. The zero-order chi connectivity index (χ0) is 18.9. The van der Waals surface area contributed by atoms with Gasteiger partial charge in [0.15, 0.2) is 0 Å². The van der Waals surface area contributed by atoms with Crippen molar-refractivity contribution in [3.8, 4) is 5.75 Å². The van der Waals surface area contributed by atoms with Crippen molar-refractivity contribution >= 4 is 21.8 Å². The van der Waals surface area contributed by atoms with Gasteiger partial charge in [-0.1, -0.05) is 69.3 Å². The summed E-state index contributed by atoms with van der Waals surface area (Å²) < 4.78 is 8.47. The zero-order valence-corrected chi connectivity index (χ0v) is 16.3. The summed E-state index contributed by atoms with van der Waals surface area (Å²) in [5, 5.41) is 2.38. The number of nitrogens with zero attached hydrogens (tertiary/aromatic N) is 2. The summed E-state index contributed by atoms with van der Waals surface area (Å²) in [7, 11) is 0. The number of benzene rings is 3. The number of fused-ring (bicyclic) bond motifs is 2. The predicted octanol–water partition coefficient (Wildman–Crippen LogP) is 5.96. The molecule has 3 aromatic carbocycles. The van der Waals surface area contributed by atoms with Crippen LogP contribution in [0.15, 0.2) is 66.7 Å². The van der Waals surface area contributed by atoms with Gasteiger partial charge < -0.3 is 9.30 Å². The van der Waals surface area contributed by atoms with E-state index < -0.39 is 0 Å². The van der Waals surface area contributed by atoms with E-state index in [0.29, 0.717) is 6.61 Å². The Morgan fingerprint density at radius 1 is 0.889 bits per heavy atom. The van der Waals surface area contributed by atoms with Crippen LogP contribution in [0.25, 0.3) is 21.8 Å². The van der Waals surface area contributed by atoms with E-state index in [1.165, 1.54) is 16.3 Å². The van der Waals surface area contributed by atoms with Gasteiger partial charge in [0.05, 0.1) is 17.6 Å². The topological polar surface area (TPSA) is 27.1 Å². The number of aryl methyl sites for hydroxylation is 1. The molecule has 27 heavy (non-hydrogen) atoms. The molecule has 0 spiro atoms. The third-order valence-electron chi connectivity index (χ3n) is 4.86. The SMILES string of the molecule is CC(C)(C)c1nc2ccccc2n1CCCOc1cccc2ccccc12. The van der Waals surface area contributed by atoms with E-state index in [9.17, 15) is 0 Å². The number of ether oxygens (including phenoxy) is 1. The summed E-state index contributed by atoms with van der Waals surface area (Å²) in [6.45, 7) is 8.24. The van der Waals surface area contributed by atoms with Gasteiger partial charge in [-0.2, -0.15) is 0 Å². The van der Waals surface area contributed by atoms with E-state index in [-0.39, 0.29) is 5.41 Å². The smallest absolute Gasteiger partial charge is 0.127 e. The molecule has 0 aliphatic carbocycles. The van der Waals surface area contributed by atoms with Crippen LogP contribution in [0.3, 0.4) is 0 Å². The largest absolute Gasteiger partial charge is 0.493 e. The minimum atomic E-state index is 0.00943. The second-order valence-electron chi connectivity index (χ2n) is 8.01. The second kappa shape index (κ2) is 7.07. The average molecular weight is 358 g/mol. The molecular weight excluding hydrogens is 332 g/mol. The van der Waals surface area contributed by atoms with Crippen LogP contribution >= 0.6 is 0 Å². The molecule has 4 rings (SSSR count). The Bertz CT molecular complexity index is 1070. The lowest BCUT2D eigenvalue weighted by Crippen LogP contribution is -2.19. The van der Waals surface area contributed by atoms with Crippen LogP contribution in [-0.2, 0) is 12.0 Å². The molecule has 0 fully saturated rings. The first-order chi connectivity index (χ1) is 13.0. The average Bonchev–Trinajstić information content (AvgIpc) is 3.04. The molecular formula is C24H26N2O. The number of aromatic nitrogens is 2. The van der Waals surface area contributed by atoms with Crippen molar-refractivity contribution in [3.63, 3.8) is 0 Å². The number of hydrogen-bond donors (Lipinski definition) is 0. The standard InChI is InChI=1S/C24H26N2O/c1-24(2,3)23-25-20-13-6-7-14-21(20)26(23)16-9-17-27-22-15-8-11-18-10-4-5-12-19(18)22/h4-8,10-15H,9,16-17H2,1-3H3. The lowest BCUT2D eigenvalue weighted by molar-refractivity contribution is 0.303. The maximum Gasteiger partial charge on any atom is 0.127 e. The zero-order valence-electron chi connectivity index (χ0n) is 16.3. The molecule has 0 amide bonds. The third kappa shape index (κ3) is 3.55. The van der Waals surface area contributed by atoms with Crippen LogP contribution in [0.5, 0.6) is 5.75 Å². The molecule has 0 saturated heterocycles. The molecule has 3 heteroatoms. The molecule has 3 nitrogen and oxygen atoms in total. The molecule has 0 radical (unpaired) electrons. The van der Waals surface area contributed by atoms with Gasteiger partial charge in [0, 0.05) is 17.3 Å². The van der Waals surface area contributed by atoms with Gasteiger partial charge in [-0.05, 0) is 30.0 Å². The van der Waals surface area contributed by atoms with Crippen molar-refractivity contribution in [1.82, 2.24) is 9.55 Å². The fourth-order valence-electron chi connectivity index (χ4n) is 3.60. The van der Waals surface area contributed by atoms with E-state index in [1.54, 1.807) is 0 Å². The highest BCUT2D eigenvalue weighted by molar-refractivity contribution is 5.88. The number of hydrogen-bond acceptors (Lipinski definition) is 2. The molecule has 0 aliphatic rings. The normalized spacial score (nSPS) is 12.0. The van der Waals surface area contributed by atoms with Gasteiger partial charge in [-0.15, -0.1) is 0 Å². The van der Waals surface area contributed by atoms with Crippen LogP contribution in [0.1, 0.15) is 33.0 Å². The van der Waals surface area contributed by atoms with E-state index in [0.717, 1.165) is 30.1 Å². The second-order valence-corrected chi connectivity index (χ2v) is 8.01. The van der Waals surface area contributed by atoms with Crippen LogP contribution in [0.4, 0.5) is 0 Å². The minimum absolute atomic E-state index is 0.00943. The monoisotopic (exact) mass is 358 g/mol. The molecule has 1 heterocycles. The fraction of sp³-hybridized carbons (Fsp3) is 0.292. The van der Waals surface area contributed by atoms with Crippen molar-refractivity contribution in [1.29, 1.82) is 0 Å². The highest BCUT2D eigenvalue weighted by atomic mass is 16.5. The minimum Gasteiger partial charge on any atom is -0.493 e. The Hall–Kier alpha value is -2.81. The van der Waals surface area contributed by atoms with E-state index >= 15 is 0 Å². The maximum absolute atomic E-state index is 6.12. The van der Waals surface area contributed by atoms with Crippen LogP contribution < -0.4 is 4.74 Å². The molecule has 0 saturated carbocycles. The Balaban J connectivity index is 1.51. The molecule has 0 aliphatic heterocycles. The summed E-state index contributed by atoms with van der Waals surface area (Å²) in [6, 6.07) is 23.0. The predicted molar refractivity (Wildman–Crippen MR) is 112 cm³/mol. The highest BCUT2D eigenvalue weighted by Gasteiger charge is 2.22. The van der Waals surface area contributed by atoms with Crippen LogP contribution in [-0.4, -0.2) is 16.2 Å². The van der Waals surface area contributed by atoms with Gasteiger partial charge in [0.2, 0.25) is 0 Å². The van der Waals surface area contributed by atoms with Gasteiger partial charge in [0.1, 0.15) is 11.6 Å². The number of imidazole rings is 1.